The minimum atomic E-state index is -0.981. The molecule has 0 spiro atoms. The van der Waals surface area contributed by atoms with E-state index in [1.807, 2.05) is 13.0 Å². The first-order chi connectivity index (χ1) is 17.2. The molecule has 0 radical (unpaired) electrons. The van der Waals surface area contributed by atoms with E-state index in [-0.39, 0.29) is 23.8 Å². The zero-order chi connectivity index (χ0) is 26.0. The molecule has 4 rings (SSSR count). The van der Waals surface area contributed by atoms with E-state index in [4.69, 9.17) is 4.74 Å². The van der Waals surface area contributed by atoms with Crippen LogP contribution in [-0.4, -0.2) is 54.5 Å². The van der Waals surface area contributed by atoms with Gasteiger partial charge in [-0.3, -0.25) is 4.79 Å². The van der Waals surface area contributed by atoms with Crippen molar-refractivity contribution in [3.05, 3.63) is 76.5 Å². The Morgan fingerprint density at radius 2 is 2.03 bits per heavy atom. The summed E-state index contributed by atoms with van der Waals surface area (Å²) in [6.07, 6.45) is 0. The maximum Gasteiger partial charge on any atom is 0.292 e. The second-order valence-electron chi connectivity index (χ2n) is 8.13. The van der Waals surface area contributed by atoms with E-state index in [1.54, 1.807) is 36.9 Å². The highest BCUT2D eigenvalue weighted by Crippen LogP contribution is 2.38. The number of hydrogen-bond donors (Lipinski definition) is 1. The average molecular weight is 493 g/mol. The third-order valence-corrected chi connectivity index (χ3v) is 5.69. The summed E-state index contributed by atoms with van der Waals surface area (Å²) in [5, 5.41) is 27.9. The number of nitrogens with zero attached hydrogens (tertiary/aromatic N) is 8. The molecule has 0 saturated heterocycles. The lowest BCUT2D eigenvalue weighted by molar-refractivity contribution is 0.0936. The fourth-order valence-electron chi connectivity index (χ4n) is 4.00. The summed E-state index contributed by atoms with van der Waals surface area (Å²) in [6.45, 7) is 3.63. The topological polar surface area (TPSA) is 136 Å². The predicted octanol–water partition coefficient (Wildman–Crippen LogP) is 1.99. The molecule has 11 nitrogen and oxygen atoms in total. The van der Waals surface area contributed by atoms with Crippen molar-refractivity contribution in [1.82, 2.24) is 40.3 Å². The standard InChI is InChI=1S/C23H21F2N9O2/c1-13-19(22(36-4)33(3)30-13)23(2,18-7-5-6-15(11-26)28-18)12-27-21(35)20-29-32-34(31-20)17-9-8-14(24)10-16(17)25/h5-10H,12H2,1-4H3,(H,27,35). The highest BCUT2D eigenvalue weighted by Gasteiger charge is 2.38. The fourth-order valence-corrected chi connectivity index (χ4v) is 4.00. The minimum absolute atomic E-state index is 0.00391. The zero-order valence-corrected chi connectivity index (χ0v) is 19.8. The van der Waals surface area contributed by atoms with Gasteiger partial charge in [0.05, 0.1) is 29.5 Å². The molecule has 1 amide bonds. The molecule has 0 aliphatic carbocycles. The van der Waals surface area contributed by atoms with Gasteiger partial charge in [-0.2, -0.15) is 10.4 Å². The van der Waals surface area contributed by atoms with Crippen LogP contribution in [0, 0.1) is 29.9 Å². The van der Waals surface area contributed by atoms with Gasteiger partial charge in [0, 0.05) is 19.7 Å². The molecule has 0 saturated carbocycles. The fraction of sp³-hybridized carbons (Fsp3) is 0.261. The van der Waals surface area contributed by atoms with Crippen molar-refractivity contribution in [3.63, 3.8) is 0 Å². The Labute approximate surface area is 204 Å². The average Bonchev–Trinajstić information content (AvgIpc) is 3.46. The van der Waals surface area contributed by atoms with Gasteiger partial charge in [-0.1, -0.05) is 6.07 Å². The number of carbonyl (C=O) groups is 1. The summed E-state index contributed by atoms with van der Waals surface area (Å²) >= 11 is 0. The molecule has 1 aromatic carbocycles. The monoisotopic (exact) mass is 493 g/mol. The van der Waals surface area contributed by atoms with Gasteiger partial charge in [-0.05, 0) is 43.3 Å². The van der Waals surface area contributed by atoms with E-state index >= 15 is 0 Å². The van der Waals surface area contributed by atoms with E-state index in [1.165, 1.54) is 7.11 Å². The summed E-state index contributed by atoms with van der Waals surface area (Å²) in [7, 11) is 3.24. The maximum atomic E-state index is 14.1. The van der Waals surface area contributed by atoms with Crippen molar-refractivity contribution in [2.24, 2.45) is 7.05 Å². The molecular formula is C23H21F2N9O2. The Morgan fingerprint density at radius 1 is 1.25 bits per heavy atom. The van der Waals surface area contributed by atoms with E-state index in [0.717, 1.165) is 16.9 Å². The number of nitriles is 1. The number of tetrazole rings is 1. The quantitative estimate of drug-likeness (QED) is 0.413. The minimum Gasteiger partial charge on any atom is -0.481 e. The molecule has 0 aliphatic rings. The lowest BCUT2D eigenvalue weighted by atomic mass is 9.78. The molecule has 1 atom stereocenters. The van der Waals surface area contributed by atoms with Gasteiger partial charge in [0.1, 0.15) is 23.3 Å². The first kappa shape index (κ1) is 24.4. The van der Waals surface area contributed by atoms with E-state index in [9.17, 15) is 18.8 Å². The second kappa shape index (κ2) is 9.49. The molecule has 13 heteroatoms. The molecule has 0 aliphatic heterocycles. The van der Waals surface area contributed by atoms with Crippen molar-refractivity contribution >= 4 is 5.91 Å². The Bertz CT molecular complexity index is 1490. The summed E-state index contributed by atoms with van der Waals surface area (Å²) in [5.74, 6) is -2.22. The number of carbonyl (C=O) groups excluding carboxylic acids is 1. The van der Waals surface area contributed by atoms with Gasteiger partial charge >= 0.3 is 0 Å². The van der Waals surface area contributed by atoms with Gasteiger partial charge < -0.3 is 10.1 Å². The van der Waals surface area contributed by atoms with E-state index in [2.05, 4.69) is 30.8 Å². The Kier molecular flexibility index (Phi) is 6.43. The van der Waals surface area contributed by atoms with Gasteiger partial charge in [-0.15, -0.1) is 15.0 Å². The number of amides is 1. The molecule has 0 bridgehead atoms. The van der Waals surface area contributed by atoms with Crippen LogP contribution < -0.4 is 10.1 Å². The van der Waals surface area contributed by atoms with Crippen LogP contribution in [0.5, 0.6) is 5.88 Å². The molecule has 0 fully saturated rings. The van der Waals surface area contributed by atoms with Crippen LogP contribution in [0.4, 0.5) is 8.78 Å². The summed E-state index contributed by atoms with van der Waals surface area (Å²) < 4.78 is 34.4. The lowest BCUT2D eigenvalue weighted by Gasteiger charge is -2.30. The smallest absolute Gasteiger partial charge is 0.292 e. The van der Waals surface area contributed by atoms with Crippen LogP contribution in [-0.2, 0) is 12.5 Å². The number of methoxy groups -OCH3 is 1. The van der Waals surface area contributed by atoms with Crippen LogP contribution in [0.2, 0.25) is 0 Å². The third kappa shape index (κ3) is 4.36. The van der Waals surface area contributed by atoms with Crippen molar-refractivity contribution in [2.45, 2.75) is 19.3 Å². The van der Waals surface area contributed by atoms with Gasteiger partial charge in [0.25, 0.3) is 11.7 Å². The molecule has 1 N–H and O–H groups in total. The molecule has 3 heterocycles. The Balaban J connectivity index is 1.67. The predicted molar refractivity (Wildman–Crippen MR) is 121 cm³/mol. The normalized spacial score (nSPS) is 12.6. The highest BCUT2D eigenvalue weighted by molar-refractivity contribution is 5.90. The van der Waals surface area contributed by atoms with Gasteiger partial charge in [0.2, 0.25) is 5.88 Å². The highest BCUT2D eigenvalue weighted by atomic mass is 19.1. The van der Waals surface area contributed by atoms with Gasteiger partial charge in [-0.25, -0.2) is 18.4 Å². The van der Waals surface area contributed by atoms with Crippen molar-refractivity contribution in [3.8, 4) is 17.6 Å². The second-order valence-corrected chi connectivity index (χ2v) is 8.13. The Hall–Kier alpha value is -4.73. The van der Waals surface area contributed by atoms with Crippen LogP contribution in [0.25, 0.3) is 5.69 Å². The number of nitrogens with one attached hydrogen (secondary N) is 1. The van der Waals surface area contributed by atoms with Crippen molar-refractivity contribution in [2.75, 3.05) is 13.7 Å². The summed E-state index contributed by atoms with van der Waals surface area (Å²) in [5.41, 5.74) is 0.871. The number of aromatic nitrogens is 7. The summed E-state index contributed by atoms with van der Waals surface area (Å²) in [6, 6.07) is 9.89. The van der Waals surface area contributed by atoms with Crippen LogP contribution in [0.15, 0.2) is 36.4 Å². The maximum absolute atomic E-state index is 14.1. The molecular weight excluding hydrogens is 472 g/mol. The molecule has 3 aromatic heterocycles. The molecule has 4 aromatic rings. The molecule has 36 heavy (non-hydrogen) atoms. The largest absolute Gasteiger partial charge is 0.481 e. The number of aryl methyl sites for hydroxylation is 2. The van der Waals surface area contributed by atoms with Crippen LogP contribution in [0.1, 0.15) is 40.2 Å². The number of benzene rings is 1. The summed E-state index contributed by atoms with van der Waals surface area (Å²) in [4.78, 5) is 18.2. The van der Waals surface area contributed by atoms with Gasteiger partial charge in [0.15, 0.2) is 5.82 Å². The number of pyridine rings is 1. The third-order valence-electron chi connectivity index (χ3n) is 5.69. The molecule has 184 valence electrons. The Morgan fingerprint density at radius 3 is 2.72 bits per heavy atom. The lowest BCUT2D eigenvalue weighted by Crippen LogP contribution is -2.41. The van der Waals surface area contributed by atoms with Crippen molar-refractivity contribution < 1.29 is 18.3 Å². The zero-order valence-electron chi connectivity index (χ0n) is 19.8. The van der Waals surface area contributed by atoms with Crippen LogP contribution in [0.3, 0.4) is 0 Å². The first-order valence-electron chi connectivity index (χ1n) is 10.7. The number of ether oxygens (including phenoxy) is 1. The molecule has 1 unspecified atom stereocenters. The van der Waals surface area contributed by atoms with Crippen molar-refractivity contribution in [1.29, 1.82) is 5.26 Å². The van der Waals surface area contributed by atoms with E-state index < -0.39 is 23.0 Å². The van der Waals surface area contributed by atoms with E-state index in [0.29, 0.717) is 28.9 Å². The number of halogens is 2. The number of rotatable bonds is 7. The number of hydrogen-bond acceptors (Lipinski definition) is 8. The first-order valence-corrected chi connectivity index (χ1v) is 10.7. The van der Waals surface area contributed by atoms with Crippen LogP contribution >= 0.6 is 0 Å². The SMILES string of the molecule is COc1c(C(C)(CNC(=O)c2nnn(-c3ccc(F)cc3F)n2)c2cccc(C#N)n2)c(C)nn1C.